The SMILES string of the molecule is CCOC(=O)C1=C(C)N=c2s/c(=C/c3ccc(OC(F)F)c(OC)c3)c(=O)n2C1c1ccccc1. The second kappa shape index (κ2) is 10.2. The van der Waals surface area contributed by atoms with Gasteiger partial charge in [-0.05, 0) is 43.2 Å². The number of rotatable bonds is 7. The summed E-state index contributed by atoms with van der Waals surface area (Å²) in [6, 6.07) is 12.9. The summed E-state index contributed by atoms with van der Waals surface area (Å²) in [6.45, 7) is 0.626. The molecule has 182 valence electrons. The normalized spacial score (nSPS) is 15.6. The highest BCUT2D eigenvalue weighted by molar-refractivity contribution is 7.07. The Balaban J connectivity index is 1.87. The maximum absolute atomic E-state index is 13.6. The lowest BCUT2D eigenvalue weighted by atomic mass is 9.96. The monoisotopic (exact) mass is 500 g/mol. The first kappa shape index (κ1) is 24.3. The van der Waals surface area contributed by atoms with Crippen LogP contribution in [0.25, 0.3) is 6.08 Å². The number of methoxy groups -OCH3 is 1. The fourth-order valence-corrected chi connectivity index (χ4v) is 4.91. The molecule has 0 amide bonds. The molecule has 10 heteroatoms. The van der Waals surface area contributed by atoms with Gasteiger partial charge in [-0.2, -0.15) is 8.78 Å². The van der Waals surface area contributed by atoms with Crippen LogP contribution in [0.1, 0.15) is 31.0 Å². The molecule has 1 aliphatic rings. The average Bonchev–Trinajstić information content (AvgIpc) is 3.13. The number of esters is 1. The van der Waals surface area contributed by atoms with Gasteiger partial charge in [-0.1, -0.05) is 47.7 Å². The minimum absolute atomic E-state index is 0.106. The van der Waals surface area contributed by atoms with Crippen molar-refractivity contribution < 1.29 is 27.8 Å². The molecule has 2 heterocycles. The van der Waals surface area contributed by atoms with Crippen molar-refractivity contribution in [1.29, 1.82) is 0 Å². The number of nitrogens with zero attached hydrogens (tertiary/aromatic N) is 2. The van der Waals surface area contributed by atoms with Crippen LogP contribution in [0.15, 0.2) is 69.6 Å². The van der Waals surface area contributed by atoms with Crippen LogP contribution < -0.4 is 24.4 Å². The second-order valence-corrected chi connectivity index (χ2v) is 8.51. The minimum Gasteiger partial charge on any atom is -0.493 e. The molecule has 2 aromatic carbocycles. The molecule has 4 rings (SSSR count). The Morgan fingerprint density at radius 1 is 1.20 bits per heavy atom. The number of benzene rings is 2. The maximum Gasteiger partial charge on any atom is 0.387 e. The number of hydrogen-bond acceptors (Lipinski definition) is 7. The lowest BCUT2D eigenvalue weighted by molar-refractivity contribution is -0.139. The van der Waals surface area contributed by atoms with Crippen LogP contribution in [-0.4, -0.2) is 30.9 Å². The molecule has 0 aliphatic carbocycles. The number of fused-ring (bicyclic) bond motifs is 1. The molecule has 0 N–H and O–H groups in total. The molecule has 0 fully saturated rings. The highest BCUT2D eigenvalue weighted by Crippen LogP contribution is 2.31. The first-order valence-electron chi connectivity index (χ1n) is 10.7. The zero-order valence-corrected chi connectivity index (χ0v) is 20.0. The van der Waals surface area contributed by atoms with Crippen molar-refractivity contribution in [1.82, 2.24) is 4.57 Å². The van der Waals surface area contributed by atoms with Crippen molar-refractivity contribution in [3.8, 4) is 11.5 Å². The van der Waals surface area contributed by atoms with E-state index in [0.717, 1.165) is 16.9 Å². The molecule has 35 heavy (non-hydrogen) atoms. The number of hydrogen-bond donors (Lipinski definition) is 0. The van der Waals surface area contributed by atoms with Crippen LogP contribution in [0.5, 0.6) is 11.5 Å². The van der Waals surface area contributed by atoms with E-state index in [4.69, 9.17) is 9.47 Å². The molecule has 1 aliphatic heterocycles. The molecule has 1 atom stereocenters. The van der Waals surface area contributed by atoms with E-state index < -0.39 is 18.6 Å². The van der Waals surface area contributed by atoms with E-state index >= 15 is 0 Å². The first-order chi connectivity index (χ1) is 16.8. The van der Waals surface area contributed by atoms with Crippen LogP contribution in [0.3, 0.4) is 0 Å². The van der Waals surface area contributed by atoms with Crippen molar-refractivity contribution in [2.24, 2.45) is 4.99 Å². The molecule has 0 saturated carbocycles. The third-order valence-electron chi connectivity index (χ3n) is 5.33. The van der Waals surface area contributed by atoms with E-state index in [1.807, 2.05) is 30.3 Å². The summed E-state index contributed by atoms with van der Waals surface area (Å²) in [7, 11) is 1.34. The highest BCUT2D eigenvalue weighted by Gasteiger charge is 2.33. The Morgan fingerprint density at radius 3 is 2.60 bits per heavy atom. The van der Waals surface area contributed by atoms with E-state index in [1.165, 1.54) is 23.8 Å². The van der Waals surface area contributed by atoms with Crippen molar-refractivity contribution in [2.45, 2.75) is 26.5 Å². The van der Waals surface area contributed by atoms with Gasteiger partial charge in [0.1, 0.15) is 0 Å². The summed E-state index contributed by atoms with van der Waals surface area (Å²) >= 11 is 1.16. The predicted molar refractivity (Wildman–Crippen MR) is 126 cm³/mol. The summed E-state index contributed by atoms with van der Waals surface area (Å²) in [5.41, 5.74) is 1.72. The molecule has 7 nitrogen and oxygen atoms in total. The third-order valence-corrected chi connectivity index (χ3v) is 6.32. The standard InChI is InChI=1S/C25H22F2N2O5S/c1-4-33-23(31)20-14(2)28-25-29(21(20)16-8-6-5-7-9-16)22(30)19(35-25)13-15-10-11-17(34-24(26)27)18(12-15)32-3/h5-13,21,24H,4H2,1-3H3/b19-13+. The fourth-order valence-electron chi connectivity index (χ4n) is 3.86. The Labute approximate surface area is 203 Å². The van der Waals surface area contributed by atoms with E-state index in [0.29, 0.717) is 26.2 Å². The summed E-state index contributed by atoms with van der Waals surface area (Å²) in [4.78, 5) is 31.4. The number of halogens is 2. The Hall–Kier alpha value is -3.79. The van der Waals surface area contributed by atoms with E-state index in [9.17, 15) is 18.4 Å². The number of aromatic nitrogens is 1. The van der Waals surface area contributed by atoms with Crippen LogP contribution >= 0.6 is 11.3 Å². The molecular formula is C25H22F2N2O5S. The van der Waals surface area contributed by atoms with Crippen LogP contribution in [-0.2, 0) is 9.53 Å². The third kappa shape index (κ3) is 4.88. The Kier molecular flexibility index (Phi) is 7.11. The van der Waals surface area contributed by atoms with E-state index in [-0.39, 0.29) is 23.7 Å². The van der Waals surface area contributed by atoms with Gasteiger partial charge in [0.05, 0.1) is 35.6 Å². The van der Waals surface area contributed by atoms with Gasteiger partial charge < -0.3 is 14.2 Å². The molecule has 1 unspecified atom stereocenters. The zero-order chi connectivity index (χ0) is 25.1. The van der Waals surface area contributed by atoms with Gasteiger partial charge >= 0.3 is 12.6 Å². The predicted octanol–water partition coefficient (Wildman–Crippen LogP) is 3.41. The first-order valence-corrected chi connectivity index (χ1v) is 11.5. The lowest BCUT2D eigenvalue weighted by Crippen LogP contribution is -2.39. The van der Waals surface area contributed by atoms with Crippen LogP contribution in [0.4, 0.5) is 8.78 Å². The van der Waals surface area contributed by atoms with Gasteiger partial charge in [-0.15, -0.1) is 0 Å². The van der Waals surface area contributed by atoms with Crippen molar-refractivity contribution >= 4 is 23.4 Å². The maximum atomic E-state index is 13.6. The summed E-state index contributed by atoms with van der Waals surface area (Å²) < 4.78 is 42.0. The molecule has 3 aromatic rings. The second-order valence-electron chi connectivity index (χ2n) is 7.50. The number of carbonyl (C=O) groups excluding carboxylic acids is 1. The molecule has 0 radical (unpaired) electrons. The van der Waals surface area contributed by atoms with Gasteiger partial charge in [0, 0.05) is 0 Å². The average molecular weight is 501 g/mol. The molecule has 0 saturated heterocycles. The van der Waals surface area contributed by atoms with Crippen molar-refractivity contribution in [3.05, 3.63) is 90.6 Å². The minimum atomic E-state index is -2.99. The smallest absolute Gasteiger partial charge is 0.387 e. The summed E-state index contributed by atoms with van der Waals surface area (Å²) in [5.74, 6) is -0.537. The Bertz CT molecular complexity index is 1460. The summed E-state index contributed by atoms with van der Waals surface area (Å²) in [5, 5.41) is 0. The van der Waals surface area contributed by atoms with Crippen LogP contribution in [0.2, 0.25) is 0 Å². The van der Waals surface area contributed by atoms with E-state index in [1.54, 1.807) is 26.0 Å². The van der Waals surface area contributed by atoms with Crippen LogP contribution in [0, 0.1) is 0 Å². The number of thiazole rings is 1. The van der Waals surface area contributed by atoms with Gasteiger partial charge in [0.2, 0.25) is 0 Å². The summed E-state index contributed by atoms with van der Waals surface area (Å²) in [6.07, 6.45) is 1.62. The molecule has 0 spiro atoms. The van der Waals surface area contributed by atoms with Crippen molar-refractivity contribution in [2.75, 3.05) is 13.7 Å². The van der Waals surface area contributed by atoms with Gasteiger partial charge in [-0.3, -0.25) is 9.36 Å². The quantitative estimate of drug-likeness (QED) is 0.465. The number of allylic oxidation sites excluding steroid dienone is 1. The van der Waals surface area contributed by atoms with Gasteiger partial charge in [0.25, 0.3) is 5.56 Å². The lowest BCUT2D eigenvalue weighted by Gasteiger charge is -2.24. The highest BCUT2D eigenvalue weighted by atomic mass is 32.1. The van der Waals surface area contributed by atoms with Gasteiger partial charge in [-0.25, -0.2) is 9.79 Å². The number of alkyl halides is 2. The molecule has 1 aromatic heterocycles. The topological polar surface area (TPSA) is 79.1 Å². The van der Waals surface area contributed by atoms with E-state index in [2.05, 4.69) is 9.73 Å². The molecule has 0 bridgehead atoms. The molecular weight excluding hydrogens is 478 g/mol. The Morgan fingerprint density at radius 2 is 1.94 bits per heavy atom. The fraction of sp³-hybridized carbons (Fsp3) is 0.240. The largest absolute Gasteiger partial charge is 0.493 e. The van der Waals surface area contributed by atoms with Gasteiger partial charge in [0.15, 0.2) is 16.3 Å². The van der Waals surface area contributed by atoms with Crippen molar-refractivity contribution in [3.63, 3.8) is 0 Å². The zero-order valence-electron chi connectivity index (χ0n) is 19.2. The number of ether oxygens (including phenoxy) is 3. The number of carbonyl (C=O) groups is 1.